The van der Waals surface area contributed by atoms with E-state index in [2.05, 4.69) is 9.71 Å². The van der Waals surface area contributed by atoms with Gasteiger partial charge in [0.05, 0.1) is 15.7 Å². The Kier molecular flexibility index (Phi) is 4.39. The summed E-state index contributed by atoms with van der Waals surface area (Å²) in [6.45, 7) is 0. The Labute approximate surface area is 129 Å². The molecule has 1 aromatic carbocycles. The van der Waals surface area contributed by atoms with E-state index in [0.717, 1.165) is 12.1 Å². The van der Waals surface area contributed by atoms with Crippen molar-refractivity contribution in [2.75, 3.05) is 4.72 Å². The molecule has 1 N–H and O–H groups in total. The van der Waals surface area contributed by atoms with Crippen LogP contribution in [0.3, 0.4) is 0 Å². The Hall–Kier alpha value is -1.08. The lowest BCUT2D eigenvalue weighted by molar-refractivity contribution is 0.600. The fourth-order valence-electron chi connectivity index (χ4n) is 1.40. The maximum atomic E-state index is 13.1. The minimum atomic E-state index is -4.04. The second kappa shape index (κ2) is 5.73. The van der Waals surface area contributed by atoms with Crippen molar-refractivity contribution in [3.05, 3.63) is 51.5 Å². The van der Waals surface area contributed by atoms with Crippen LogP contribution in [0.1, 0.15) is 0 Å². The minimum absolute atomic E-state index is 0.130. The molecule has 0 unspecified atom stereocenters. The summed E-state index contributed by atoms with van der Waals surface area (Å²) in [6.07, 6.45) is 1.35. The number of hydrogen-bond donors (Lipinski definition) is 1. The molecule has 0 aliphatic heterocycles. The predicted molar refractivity (Wildman–Crippen MR) is 76.5 cm³/mol. The van der Waals surface area contributed by atoms with E-state index in [-0.39, 0.29) is 25.8 Å². The topological polar surface area (TPSA) is 59.1 Å². The third kappa shape index (κ3) is 3.15. The van der Waals surface area contributed by atoms with Crippen LogP contribution < -0.4 is 4.72 Å². The number of nitrogens with one attached hydrogen (secondary N) is 1. The Balaban J connectivity index is 2.47. The molecule has 2 aromatic rings. The van der Waals surface area contributed by atoms with Gasteiger partial charge in [0.1, 0.15) is 15.9 Å². The lowest BCUT2D eigenvalue weighted by Crippen LogP contribution is -2.14. The lowest BCUT2D eigenvalue weighted by Gasteiger charge is -2.11. The van der Waals surface area contributed by atoms with Gasteiger partial charge in [0.2, 0.25) is 0 Å². The van der Waals surface area contributed by atoms with Gasteiger partial charge < -0.3 is 0 Å². The van der Waals surface area contributed by atoms with Crippen LogP contribution in [0, 0.1) is 5.82 Å². The molecule has 0 aliphatic rings. The van der Waals surface area contributed by atoms with Crippen LogP contribution in [0.25, 0.3) is 0 Å². The van der Waals surface area contributed by atoms with E-state index >= 15 is 0 Å². The number of aromatic nitrogens is 1. The molecule has 0 radical (unpaired) electrons. The fourth-order valence-corrected chi connectivity index (χ4v) is 3.62. The van der Waals surface area contributed by atoms with Crippen molar-refractivity contribution in [2.45, 2.75) is 4.90 Å². The molecule has 1 heterocycles. The Morgan fingerprint density at radius 3 is 2.30 bits per heavy atom. The van der Waals surface area contributed by atoms with Crippen molar-refractivity contribution in [1.82, 2.24) is 4.98 Å². The van der Waals surface area contributed by atoms with Crippen LogP contribution in [0.2, 0.25) is 15.2 Å². The van der Waals surface area contributed by atoms with Gasteiger partial charge in [0, 0.05) is 6.20 Å². The molecule has 1 aromatic heterocycles. The molecule has 0 aliphatic carbocycles. The number of anilines is 1. The summed E-state index contributed by atoms with van der Waals surface area (Å²) in [4.78, 5) is 3.43. The summed E-state index contributed by atoms with van der Waals surface area (Å²) in [5.41, 5.74) is -0.130. The first-order valence-electron chi connectivity index (χ1n) is 5.09. The highest BCUT2D eigenvalue weighted by Crippen LogP contribution is 2.33. The fraction of sp³-hybridized carbons (Fsp3) is 0. The van der Waals surface area contributed by atoms with E-state index in [1.807, 2.05) is 0 Å². The van der Waals surface area contributed by atoms with E-state index < -0.39 is 15.8 Å². The van der Waals surface area contributed by atoms with E-state index in [1.54, 1.807) is 0 Å². The first-order valence-corrected chi connectivity index (χ1v) is 7.71. The molecule has 20 heavy (non-hydrogen) atoms. The zero-order valence-corrected chi connectivity index (χ0v) is 12.7. The van der Waals surface area contributed by atoms with Gasteiger partial charge in [0.25, 0.3) is 10.0 Å². The summed E-state index contributed by atoms with van der Waals surface area (Å²) in [6, 6.07) is 4.56. The molecular weight excluding hydrogens is 350 g/mol. The molecule has 0 bridgehead atoms. The Bertz CT molecular complexity index is 745. The molecule has 9 heteroatoms. The van der Waals surface area contributed by atoms with Crippen molar-refractivity contribution in [1.29, 1.82) is 0 Å². The average Bonchev–Trinajstić information content (AvgIpc) is 2.34. The molecule has 0 saturated carbocycles. The predicted octanol–water partition coefficient (Wildman–Crippen LogP) is 3.98. The smallest absolute Gasteiger partial charge is 0.265 e. The van der Waals surface area contributed by atoms with Gasteiger partial charge in [-0.15, -0.1) is 0 Å². The van der Waals surface area contributed by atoms with Gasteiger partial charge in [-0.3, -0.25) is 4.72 Å². The van der Waals surface area contributed by atoms with Crippen molar-refractivity contribution in [3.8, 4) is 0 Å². The molecule has 0 saturated heterocycles. The summed E-state index contributed by atoms with van der Waals surface area (Å²) < 4.78 is 39.5. The van der Waals surface area contributed by atoms with Crippen LogP contribution in [-0.4, -0.2) is 13.4 Å². The van der Waals surface area contributed by atoms with Gasteiger partial charge in [-0.25, -0.2) is 17.8 Å². The normalized spacial score (nSPS) is 11.4. The molecule has 2 rings (SSSR count). The SMILES string of the molecule is O=S(=O)(Nc1c(Cl)cc(F)cc1Cl)c1cccnc1Cl. The van der Waals surface area contributed by atoms with Crippen LogP contribution in [0.4, 0.5) is 10.1 Å². The minimum Gasteiger partial charge on any atom is -0.276 e. The maximum absolute atomic E-state index is 13.1. The quantitative estimate of drug-likeness (QED) is 0.847. The number of halogens is 4. The summed E-state index contributed by atoms with van der Waals surface area (Å²) in [5, 5.41) is -0.536. The number of pyridine rings is 1. The molecule has 0 spiro atoms. The van der Waals surface area contributed by atoms with Crippen LogP contribution in [0.15, 0.2) is 35.4 Å². The highest BCUT2D eigenvalue weighted by atomic mass is 35.5. The second-order valence-electron chi connectivity index (χ2n) is 3.64. The summed E-state index contributed by atoms with van der Waals surface area (Å²) in [7, 11) is -4.04. The number of rotatable bonds is 3. The third-order valence-electron chi connectivity index (χ3n) is 2.26. The molecule has 0 amide bonds. The number of hydrogen-bond acceptors (Lipinski definition) is 3. The number of benzene rings is 1. The summed E-state index contributed by atoms with van der Waals surface area (Å²) in [5.74, 6) is -0.678. The monoisotopic (exact) mass is 354 g/mol. The molecule has 0 atom stereocenters. The molecule has 106 valence electrons. The van der Waals surface area contributed by atoms with Crippen LogP contribution in [-0.2, 0) is 10.0 Å². The van der Waals surface area contributed by atoms with Crippen LogP contribution in [0.5, 0.6) is 0 Å². The number of sulfonamides is 1. The van der Waals surface area contributed by atoms with Gasteiger partial charge >= 0.3 is 0 Å². The van der Waals surface area contributed by atoms with Crippen molar-refractivity contribution in [2.24, 2.45) is 0 Å². The first-order chi connectivity index (χ1) is 9.31. The molecule has 0 fully saturated rings. The highest BCUT2D eigenvalue weighted by molar-refractivity contribution is 7.92. The van der Waals surface area contributed by atoms with E-state index in [1.165, 1.54) is 18.3 Å². The van der Waals surface area contributed by atoms with Crippen molar-refractivity contribution < 1.29 is 12.8 Å². The number of nitrogens with zero attached hydrogens (tertiary/aromatic N) is 1. The largest absolute Gasteiger partial charge is 0.276 e. The third-order valence-corrected chi connectivity index (χ3v) is 4.65. The van der Waals surface area contributed by atoms with E-state index in [4.69, 9.17) is 34.8 Å². The van der Waals surface area contributed by atoms with Gasteiger partial charge in [-0.05, 0) is 24.3 Å². The van der Waals surface area contributed by atoms with Gasteiger partial charge in [0.15, 0.2) is 0 Å². The zero-order valence-electron chi connectivity index (χ0n) is 9.57. The Morgan fingerprint density at radius 2 is 1.75 bits per heavy atom. The van der Waals surface area contributed by atoms with E-state index in [0.29, 0.717) is 0 Å². The van der Waals surface area contributed by atoms with E-state index in [9.17, 15) is 12.8 Å². The van der Waals surface area contributed by atoms with Crippen molar-refractivity contribution in [3.63, 3.8) is 0 Å². The summed E-state index contributed by atoms with van der Waals surface area (Å²) >= 11 is 17.3. The van der Waals surface area contributed by atoms with Crippen LogP contribution >= 0.6 is 34.8 Å². The lowest BCUT2D eigenvalue weighted by atomic mass is 10.3. The average molecular weight is 356 g/mol. The standard InChI is InChI=1S/C11H6Cl3FN2O2S/c12-7-4-6(15)5-8(13)10(7)17-20(18,19)9-2-1-3-16-11(9)14/h1-5,17H. The molecular formula is C11H6Cl3FN2O2S. The molecule has 4 nitrogen and oxygen atoms in total. The van der Waals surface area contributed by atoms with Gasteiger partial charge in [-0.1, -0.05) is 34.8 Å². The first kappa shape index (κ1) is 15.3. The zero-order chi connectivity index (χ0) is 14.9. The van der Waals surface area contributed by atoms with Gasteiger partial charge in [-0.2, -0.15) is 0 Å². The maximum Gasteiger partial charge on any atom is 0.265 e. The highest BCUT2D eigenvalue weighted by Gasteiger charge is 2.21. The Morgan fingerprint density at radius 1 is 1.15 bits per heavy atom. The van der Waals surface area contributed by atoms with Crippen molar-refractivity contribution >= 4 is 50.5 Å². The second-order valence-corrected chi connectivity index (χ2v) is 6.47.